The molecule has 0 unspecified atom stereocenters. The molecule has 0 aliphatic carbocycles. The number of carbonyl (C=O) groups is 1. The van der Waals surface area contributed by atoms with Gasteiger partial charge in [0.15, 0.2) is 35.1 Å². The molecule has 5 N–H and O–H groups in total. The molecule has 154 valence electrons. The van der Waals surface area contributed by atoms with Crippen molar-refractivity contribution in [3.63, 3.8) is 0 Å². The van der Waals surface area contributed by atoms with Crippen LogP contribution in [0.1, 0.15) is 13.2 Å². The average molecular weight is 405 g/mol. The van der Waals surface area contributed by atoms with Crippen LogP contribution in [-0.2, 0) is 14.4 Å². The summed E-state index contributed by atoms with van der Waals surface area (Å²) in [6, 6.07) is 0. The molecule has 0 aromatic carbocycles. The smallest absolute Gasteiger partial charge is 0.251 e. The molecule has 1 fully saturated rings. The van der Waals surface area contributed by atoms with Crippen molar-refractivity contribution in [3.05, 3.63) is 12.5 Å². The van der Waals surface area contributed by atoms with Crippen molar-refractivity contribution in [1.82, 2.24) is 40.2 Å². The summed E-state index contributed by atoms with van der Waals surface area (Å²) in [6.45, 7) is 2.17. The molecule has 29 heavy (non-hydrogen) atoms. The number of anilines is 1. The number of aromatic nitrogens is 7. The van der Waals surface area contributed by atoms with Crippen molar-refractivity contribution in [3.8, 4) is 11.5 Å². The summed E-state index contributed by atoms with van der Waals surface area (Å²) in [5, 5.41) is 33.3. The van der Waals surface area contributed by atoms with E-state index in [1.807, 2.05) is 0 Å². The van der Waals surface area contributed by atoms with Gasteiger partial charge >= 0.3 is 0 Å². The molecular formula is C15H19N9O5. The summed E-state index contributed by atoms with van der Waals surface area (Å²) >= 11 is 0. The third-order valence-electron chi connectivity index (χ3n) is 4.40. The second-order valence-electron chi connectivity index (χ2n) is 6.15. The van der Waals surface area contributed by atoms with Crippen LogP contribution in [-0.4, -0.2) is 83.0 Å². The quantitative estimate of drug-likeness (QED) is 0.296. The topological polar surface area (TPSA) is 185 Å². The lowest BCUT2D eigenvalue weighted by atomic mass is 10.1. The van der Waals surface area contributed by atoms with Gasteiger partial charge in [-0.05, 0) is 6.92 Å². The summed E-state index contributed by atoms with van der Waals surface area (Å²) in [5.74, 6) is -0.0735. The SMILES string of the molecule is CCONc1nc(-c2cn[nH]n2)nc2c1ncn2[C@@H]1O[C@H](C(=O)NC)[C@@H](O)[C@H]1O. The maximum Gasteiger partial charge on any atom is 0.251 e. The highest BCUT2D eigenvalue weighted by atomic mass is 16.6. The first kappa shape index (κ1) is 19.1. The van der Waals surface area contributed by atoms with Crippen molar-refractivity contribution in [1.29, 1.82) is 0 Å². The molecule has 14 heteroatoms. The second-order valence-corrected chi connectivity index (χ2v) is 6.15. The molecule has 0 bridgehead atoms. The van der Waals surface area contributed by atoms with Gasteiger partial charge in [-0.2, -0.15) is 15.4 Å². The number of amides is 1. The van der Waals surface area contributed by atoms with Crippen LogP contribution in [0.15, 0.2) is 12.5 Å². The van der Waals surface area contributed by atoms with Gasteiger partial charge in [-0.3, -0.25) is 14.2 Å². The Kier molecular flexibility index (Phi) is 5.06. The lowest BCUT2D eigenvalue weighted by Gasteiger charge is -2.16. The van der Waals surface area contributed by atoms with E-state index < -0.39 is 30.4 Å². The van der Waals surface area contributed by atoms with E-state index in [9.17, 15) is 15.0 Å². The molecule has 4 heterocycles. The Balaban J connectivity index is 1.79. The van der Waals surface area contributed by atoms with E-state index in [1.165, 1.54) is 24.1 Å². The highest BCUT2D eigenvalue weighted by Gasteiger charge is 2.47. The molecule has 1 aliphatic heterocycles. The number of hydrogen-bond donors (Lipinski definition) is 5. The van der Waals surface area contributed by atoms with E-state index in [2.05, 4.69) is 41.2 Å². The minimum atomic E-state index is -1.42. The first-order valence-electron chi connectivity index (χ1n) is 8.76. The van der Waals surface area contributed by atoms with Crippen molar-refractivity contribution in [2.24, 2.45) is 0 Å². The number of hydrogen-bond acceptors (Lipinski definition) is 11. The number of rotatable bonds is 6. The number of nitrogens with one attached hydrogen (secondary N) is 3. The number of aromatic amines is 1. The van der Waals surface area contributed by atoms with Gasteiger partial charge < -0.3 is 20.3 Å². The zero-order valence-electron chi connectivity index (χ0n) is 15.5. The molecule has 3 aromatic rings. The Hall–Kier alpha value is -3.20. The van der Waals surface area contributed by atoms with E-state index in [-0.39, 0.29) is 17.3 Å². The number of imidazole rings is 1. The predicted octanol–water partition coefficient (Wildman–Crippen LogP) is -1.66. The van der Waals surface area contributed by atoms with Crippen LogP contribution in [0, 0.1) is 0 Å². The fraction of sp³-hybridized carbons (Fsp3) is 0.467. The second kappa shape index (κ2) is 7.67. The number of aliphatic hydroxyl groups is 2. The number of aliphatic hydroxyl groups excluding tert-OH is 2. The highest BCUT2D eigenvalue weighted by molar-refractivity contribution is 5.85. The summed E-state index contributed by atoms with van der Waals surface area (Å²) in [4.78, 5) is 30.2. The molecule has 1 saturated heterocycles. The Morgan fingerprint density at radius 3 is 2.90 bits per heavy atom. The Morgan fingerprint density at radius 2 is 2.21 bits per heavy atom. The third-order valence-corrected chi connectivity index (χ3v) is 4.40. The van der Waals surface area contributed by atoms with Crippen LogP contribution in [0.5, 0.6) is 0 Å². The lowest BCUT2D eigenvalue weighted by molar-refractivity contribution is -0.137. The van der Waals surface area contributed by atoms with E-state index >= 15 is 0 Å². The maximum atomic E-state index is 11.9. The molecule has 0 saturated carbocycles. The molecular weight excluding hydrogens is 386 g/mol. The van der Waals surface area contributed by atoms with Crippen molar-refractivity contribution >= 4 is 22.9 Å². The van der Waals surface area contributed by atoms with E-state index in [0.717, 1.165) is 0 Å². The fourth-order valence-electron chi connectivity index (χ4n) is 2.99. The zero-order chi connectivity index (χ0) is 20.5. The number of likely N-dealkylation sites (N-methyl/N-ethyl adjacent to an activating group) is 1. The molecule has 3 aromatic heterocycles. The molecule has 1 amide bonds. The van der Waals surface area contributed by atoms with E-state index in [4.69, 9.17) is 9.57 Å². The summed E-state index contributed by atoms with van der Waals surface area (Å²) in [6.07, 6.45) is -2.33. The van der Waals surface area contributed by atoms with Gasteiger partial charge in [-0.1, -0.05) is 0 Å². The van der Waals surface area contributed by atoms with Gasteiger partial charge in [0.2, 0.25) is 0 Å². The van der Waals surface area contributed by atoms with Crippen LogP contribution < -0.4 is 10.8 Å². The Morgan fingerprint density at radius 1 is 1.38 bits per heavy atom. The van der Waals surface area contributed by atoms with Gasteiger partial charge in [-0.25, -0.2) is 20.4 Å². The predicted molar refractivity (Wildman–Crippen MR) is 95.9 cm³/mol. The lowest BCUT2D eigenvalue weighted by Crippen LogP contribution is -2.41. The monoisotopic (exact) mass is 405 g/mol. The van der Waals surface area contributed by atoms with Crippen molar-refractivity contribution in [2.45, 2.75) is 31.5 Å². The van der Waals surface area contributed by atoms with E-state index in [1.54, 1.807) is 6.92 Å². The number of nitrogens with zero attached hydrogens (tertiary/aromatic N) is 6. The van der Waals surface area contributed by atoms with Crippen LogP contribution in [0.3, 0.4) is 0 Å². The minimum Gasteiger partial charge on any atom is -0.387 e. The minimum absolute atomic E-state index is 0.214. The standard InChI is InChI=1S/C15H19N9O5/c1-3-28-22-12-7-13(20-11(19-12)6-4-18-23-21-6)24(5-17-7)15-9(26)8(25)10(29-15)14(27)16-2/h4-5,8-10,15,25-26H,3H2,1-2H3,(H,16,27)(H,18,21,23)(H,19,20,22)/t8-,9+,10-,15+/m0/s1. The average Bonchev–Trinajstić information content (AvgIpc) is 3.46. The molecule has 1 aliphatic rings. The molecule has 0 radical (unpaired) electrons. The molecule has 4 rings (SSSR count). The van der Waals surface area contributed by atoms with Gasteiger partial charge in [-0.15, -0.1) is 0 Å². The van der Waals surface area contributed by atoms with Crippen molar-refractivity contribution in [2.75, 3.05) is 19.1 Å². The van der Waals surface area contributed by atoms with E-state index in [0.29, 0.717) is 17.8 Å². The summed E-state index contributed by atoms with van der Waals surface area (Å²) in [5.41, 5.74) is 3.67. The highest BCUT2D eigenvalue weighted by Crippen LogP contribution is 2.33. The Bertz CT molecular complexity index is 1010. The van der Waals surface area contributed by atoms with Gasteiger partial charge in [0, 0.05) is 7.05 Å². The maximum absolute atomic E-state index is 11.9. The number of ether oxygens (including phenoxy) is 1. The van der Waals surface area contributed by atoms with Crippen LogP contribution in [0.25, 0.3) is 22.7 Å². The summed E-state index contributed by atoms with van der Waals surface area (Å²) < 4.78 is 7.02. The van der Waals surface area contributed by atoms with Gasteiger partial charge in [0.1, 0.15) is 17.9 Å². The van der Waals surface area contributed by atoms with Gasteiger partial charge in [0.05, 0.1) is 19.1 Å². The fourth-order valence-corrected chi connectivity index (χ4v) is 2.99. The largest absolute Gasteiger partial charge is 0.387 e. The summed E-state index contributed by atoms with van der Waals surface area (Å²) in [7, 11) is 1.41. The number of H-pyrrole nitrogens is 1. The third kappa shape index (κ3) is 3.27. The van der Waals surface area contributed by atoms with Crippen LogP contribution in [0.4, 0.5) is 5.82 Å². The normalized spacial score (nSPS) is 24.1. The zero-order valence-corrected chi connectivity index (χ0v) is 15.5. The molecule has 14 nitrogen and oxygen atoms in total. The van der Waals surface area contributed by atoms with Gasteiger partial charge in [0.25, 0.3) is 5.91 Å². The van der Waals surface area contributed by atoms with Crippen molar-refractivity contribution < 1.29 is 24.6 Å². The first-order chi connectivity index (χ1) is 14.0. The molecule has 4 atom stereocenters. The van der Waals surface area contributed by atoms with Crippen LogP contribution in [0.2, 0.25) is 0 Å². The van der Waals surface area contributed by atoms with Crippen LogP contribution >= 0.6 is 0 Å². The Labute approximate surface area is 163 Å². The number of fused-ring (bicyclic) bond motifs is 1. The number of carbonyl (C=O) groups excluding carboxylic acids is 1. The molecule has 0 spiro atoms. The first-order valence-corrected chi connectivity index (χ1v) is 8.76.